The van der Waals surface area contributed by atoms with Crippen LogP contribution in [0.1, 0.15) is 68.2 Å². The van der Waals surface area contributed by atoms with E-state index >= 15 is 0 Å². The summed E-state index contributed by atoms with van der Waals surface area (Å²) in [5, 5.41) is 0. The molecule has 8 rings (SSSR count). The highest BCUT2D eigenvalue weighted by Gasteiger charge is 2.44. The zero-order valence-corrected chi connectivity index (χ0v) is 23.3. The Hall–Kier alpha value is -4.10. The van der Waals surface area contributed by atoms with Crippen LogP contribution in [0.2, 0.25) is 0 Å². The van der Waals surface area contributed by atoms with Gasteiger partial charge in [0, 0.05) is 22.0 Å². The lowest BCUT2D eigenvalue weighted by Gasteiger charge is -2.36. The molecule has 1 heterocycles. The van der Waals surface area contributed by atoms with Gasteiger partial charge in [0.2, 0.25) is 0 Å². The smallest absolute Gasteiger partial charge is 0.131 e. The average molecular weight is 519 g/mol. The number of fused-ring (bicyclic) bond motifs is 7. The van der Waals surface area contributed by atoms with E-state index < -0.39 is 0 Å². The lowest BCUT2D eigenvalue weighted by atomic mass is 9.68. The number of ether oxygens (including phenoxy) is 1. The van der Waals surface area contributed by atoms with Crippen molar-refractivity contribution in [3.05, 3.63) is 131 Å². The van der Waals surface area contributed by atoms with E-state index in [0.29, 0.717) is 0 Å². The Morgan fingerprint density at radius 1 is 0.500 bits per heavy atom. The summed E-state index contributed by atoms with van der Waals surface area (Å²) in [4.78, 5) is 0. The quantitative estimate of drug-likeness (QED) is 0.226. The first-order valence-electron chi connectivity index (χ1n) is 14.8. The molecule has 1 saturated carbocycles. The number of benzene rings is 5. The summed E-state index contributed by atoms with van der Waals surface area (Å²) in [6.07, 6.45) is 6.51. The zero-order chi connectivity index (χ0) is 26.9. The van der Waals surface area contributed by atoms with Crippen LogP contribution in [0.3, 0.4) is 0 Å². The van der Waals surface area contributed by atoms with Crippen molar-refractivity contribution in [3.8, 4) is 44.9 Å². The van der Waals surface area contributed by atoms with Crippen LogP contribution >= 0.6 is 0 Å². The van der Waals surface area contributed by atoms with Crippen molar-refractivity contribution in [2.45, 2.75) is 56.8 Å². The van der Waals surface area contributed by atoms with E-state index in [1.807, 2.05) is 0 Å². The minimum absolute atomic E-state index is 0.129. The third-order valence-electron chi connectivity index (χ3n) is 9.94. The maximum Gasteiger partial charge on any atom is 0.131 e. The lowest BCUT2D eigenvalue weighted by molar-refractivity contribution is 0.353. The molecule has 0 atom stereocenters. The predicted octanol–water partition coefficient (Wildman–Crippen LogP) is 10.7. The van der Waals surface area contributed by atoms with E-state index in [4.69, 9.17) is 4.74 Å². The number of rotatable bonds is 2. The van der Waals surface area contributed by atoms with Crippen LogP contribution in [-0.2, 0) is 10.8 Å². The molecule has 0 saturated heterocycles. The lowest BCUT2D eigenvalue weighted by Crippen LogP contribution is -2.27. The van der Waals surface area contributed by atoms with Gasteiger partial charge in [-0.1, -0.05) is 118 Å². The van der Waals surface area contributed by atoms with Crippen molar-refractivity contribution in [1.29, 1.82) is 0 Å². The highest BCUT2D eigenvalue weighted by Crippen LogP contribution is 2.58. The first-order valence-corrected chi connectivity index (χ1v) is 14.8. The number of hydrogen-bond acceptors (Lipinski definition) is 1. The van der Waals surface area contributed by atoms with Crippen LogP contribution < -0.4 is 4.74 Å². The second kappa shape index (κ2) is 8.70. The highest BCUT2D eigenvalue weighted by molar-refractivity contribution is 5.93. The van der Waals surface area contributed by atoms with E-state index in [1.165, 1.54) is 76.6 Å². The molecule has 0 aromatic heterocycles. The molecule has 1 aliphatic heterocycles. The third-order valence-corrected chi connectivity index (χ3v) is 9.94. The molecule has 1 fully saturated rings. The Morgan fingerprint density at radius 2 is 1.15 bits per heavy atom. The van der Waals surface area contributed by atoms with Crippen molar-refractivity contribution < 1.29 is 4.74 Å². The van der Waals surface area contributed by atoms with E-state index in [9.17, 15) is 0 Å². The molecule has 1 nitrogen and oxygen atoms in total. The van der Waals surface area contributed by atoms with E-state index in [1.54, 1.807) is 11.1 Å². The summed E-state index contributed by atoms with van der Waals surface area (Å²) < 4.78 is 6.34. The fourth-order valence-corrected chi connectivity index (χ4v) is 7.93. The number of hydrogen-bond donors (Lipinski definition) is 0. The van der Waals surface area contributed by atoms with Gasteiger partial charge in [-0.2, -0.15) is 0 Å². The summed E-state index contributed by atoms with van der Waals surface area (Å²) >= 11 is 0. The van der Waals surface area contributed by atoms with E-state index in [2.05, 4.69) is 123 Å². The first kappa shape index (κ1) is 23.8. The molecule has 0 radical (unpaired) electrons. The van der Waals surface area contributed by atoms with Crippen molar-refractivity contribution in [3.63, 3.8) is 0 Å². The van der Waals surface area contributed by atoms with Gasteiger partial charge >= 0.3 is 0 Å². The van der Waals surface area contributed by atoms with E-state index in [-0.39, 0.29) is 10.8 Å². The van der Waals surface area contributed by atoms with Crippen LogP contribution in [-0.4, -0.2) is 0 Å². The minimum Gasteiger partial charge on any atom is -0.457 e. The van der Waals surface area contributed by atoms with Crippen LogP contribution in [0, 0.1) is 0 Å². The molecule has 1 heteroatoms. The predicted molar refractivity (Wildman–Crippen MR) is 165 cm³/mol. The molecule has 0 amide bonds. The van der Waals surface area contributed by atoms with Crippen molar-refractivity contribution >= 4 is 0 Å². The molecule has 0 N–H and O–H groups in total. The summed E-state index contributed by atoms with van der Waals surface area (Å²) in [6, 6.07) is 40.5. The van der Waals surface area contributed by atoms with Gasteiger partial charge in [-0.3, -0.25) is 0 Å². The third kappa shape index (κ3) is 3.33. The SMILES string of the molecule is CC1(C)c2ccccc2Oc2ccc(-c3cccc(-c4cccc5c4-c4ccccc4C54CCCCC4)c3)cc21. The number of para-hydroxylation sites is 1. The zero-order valence-electron chi connectivity index (χ0n) is 23.3. The molecule has 3 aliphatic rings. The summed E-state index contributed by atoms with van der Waals surface area (Å²) in [5.74, 6) is 1.92. The Bertz CT molecular complexity index is 1780. The Balaban J connectivity index is 1.25. The van der Waals surface area contributed by atoms with Gasteiger partial charge in [-0.25, -0.2) is 0 Å². The van der Waals surface area contributed by atoms with Crippen molar-refractivity contribution in [1.82, 2.24) is 0 Å². The molecule has 196 valence electrons. The molecular weight excluding hydrogens is 484 g/mol. The van der Waals surface area contributed by atoms with Gasteiger partial charge in [0.05, 0.1) is 0 Å². The molecule has 0 bridgehead atoms. The maximum atomic E-state index is 6.34. The Kier molecular flexibility index (Phi) is 5.17. The normalized spacial score (nSPS) is 17.4. The van der Waals surface area contributed by atoms with Gasteiger partial charge in [-0.05, 0) is 81.6 Å². The fraction of sp³-hybridized carbons (Fsp3) is 0.231. The van der Waals surface area contributed by atoms with Gasteiger partial charge in [0.1, 0.15) is 11.5 Å². The molecule has 0 unspecified atom stereocenters. The van der Waals surface area contributed by atoms with Crippen molar-refractivity contribution in [2.24, 2.45) is 0 Å². The molecule has 5 aromatic carbocycles. The van der Waals surface area contributed by atoms with Gasteiger partial charge in [0.15, 0.2) is 0 Å². The largest absolute Gasteiger partial charge is 0.457 e. The molecule has 1 spiro atoms. The first-order chi connectivity index (χ1) is 19.6. The van der Waals surface area contributed by atoms with Crippen LogP contribution in [0.4, 0.5) is 0 Å². The van der Waals surface area contributed by atoms with Crippen LogP contribution in [0.25, 0.3) is 33.4 Å². The van der Waals surface area contributed by atoms with Crippen molar-refractivity contribution in [2.75, 3.05) is 0 Å². The summed E-state index contributed by atoms with van der Waals surface area (Å²) in [6.45, 7) is 4.61. The second-order valence-electron chi connectivity index (χ2n) is 12.4. The van der Waals surface area contributed by atoms with E-state index in [0.717, 1.165) is 11.5 Å². The monoisotopic (exact) mass is 518 g/mol. The maximum absolute atomic E-state index is 6.34. The van der Waals surface area contributed by atoms with Crippen LogP contribution in [0.15, 0.2) is 109 Å². The van der Waals surface area contributed by atoms with Gasteiger partial charge in [-0.15, -0.1) is 0 Å². The second-order valence-corrected chi connectivity index (χ2v) is 12.4. The molecule has 5 aromatic rings. The van der Waals surface area contributed by atoms with Crippen LogP contribution in [0.5, 0.6) is 11.5 Å². The highest BCUT2D eigenvalue weighted by atomic mass is 16.5. The standard InChI is InChI=1S/C39H34O/c1-38(2)32-17-6-7-19-35(32)40-36-21-20-27(25-34(36)38)26-12-10-13-28(24-26)29-15-11-18-33-37(29)30-14-4-5-16-31(30)39(33)22-8-3-9-23-39/h4-7,10-21,24-25H,3,8-9,22-23H2,1-2H3. The summed E-state index contributed by atoms with van der Waals surface area (Å²) in [7, 11) is 0. The topological polar surface area (TPSA) is 9.23 Å². The average Bonchev–Trinajstić information content (AvgIpc) is 3.27. The Labute approximate surface area is 237 Å². The molecular formula is C39H34O. The Morgan fingerprint density at radius 3 is 2.02 bits per heavy atom. The summed E-state index contributed by atoms with van der Waals surface area (Å²) in [5.41, 5.74) is 13.6. The fourth-order valence-electron chi connectivity index (χ4n) is 7.93. The molecule has 2 aliphatic carbocycles. The molecule has 40 heavy (non-hydrogen) atoms. The van der Waals surface area contributed by atoms with Gasteiger partial charge < -0.3 is 4.74 Å². The minimum atomic E-state index is -0.129. The van der Waals surface area contributed by atoms with Gasteiger partial charge in [0.25, 0.3) is 0 Å².